The van der Waals surface area contributed by atoms with Gasteiger partial charge in [0, 0.05) is 23.7 Å². The highest BCUT2D eigenvalue weighted by molar-refractivity contribution is 5.93. The van der Waals surface area contributed by atoms with E-state index in [9.17, 15) is 28.1 Å². The van der Waals surface area contributed by atoms with E-state index in [1.807, 2.05) is 0 Å². The summed E-state index contributed by atoms with van der Waals surface area (Å²) in [5.74, 6) is -0.847. The molecule has 0 unspecified atom stereocenters. The Hall–Kier alpha value is -3.30. The number of rotatable bonds is 7. The van der Waals surface area contributed by atoms with Crippen LogP contribution in [-0.4, -0.2) is 23.6 Å². The summed E-state index contributed by atoms with van der Waals surface area (Å²) in [5.41, 5.74) is 5.22. The molecule has 3 N–H and O–H groups in total. The third kappa shape index (κ3) is 5.10. The van der Waals surface area contributed by atoms with Crippen LogP contribution in [0.15, 0.2) is 42.5 Å². The number of carbonyl (C=O) groups excluding carboxylic acids is 1. The summed E-state index contributed by atoms with van der Waals surface area (Å²) in [6.45, 7) is -1.53. The molecule has 0 spiro atoms. The van der Waals surface area contributed by atoms with Crippen molar-refractivity contribution in [3.05, 3.63) is 63.7 Å². The van der Waals surface area contributed by atoms with Crippen molar-refractivity contribution in [1.29, 1.82) is 0 Å². The second-order valence-corrected chi connectivity index (χ2v) is 5.22. The molecule has 1 amide bonds. The molecule has 0 aliphatic rings. The molecule has 2 aromatic carbocycles. The van der Waals surface area contributed by atoms with Gasteiger partial charge in [-0.3, -0.25) is 14.9 Å². The zero-order valence-corrected chi connectivity index (χ0v) is 13.2. The van der Waals surface area contributed by atoms with Gasteiger partial charge in [0.2, 0.25) is 5.91 Å². The molecule has 2 rings (SSSR count). The minimum atomic E-state index is -4.49. The number of nitrogens with one attached hydrogen (secondary N) is 1. The fourth-order valence-corrected chi connectivity index (χ4v) is 2.13. The van der Waals surface area contributed by atoms with Crippen molar-refractivity contribution in [2.45, 2.75) is 12.7 Å². The second kappa shape index (κ2) is 7.72. The average Bonchev–Trinajstić information content (AvgIpc) is 2.57. The van der Waals surface area contributed by atoms with Crippen molar-refractivity contribution < 1.29 is 27.6 Å². The smallest absolute Gasteiger partial charge is 0.422 e. The van der Waals surface area contributed by atoms with E-state index < -0.39 is 23.6 Å². The summed E-state index contributed by atoms with van der Waals surface area (Å²) in [4.78, 5) is 21.6. The lowest BCUT2D eigenvalue weighted by Gasteiger charge is -2.14. The van der Waals surface area contributed by atoms with Crippen molar-refractivity contribution >= 4 is 17.3 Å². The molecule has 26 heavy (non-hydrogen) atoms. The van der Waals surface area contributed by atoms with Gasteiger partial charge in [0.1, 0.15) is 5.75 Å². The van der Waals surface area contributed by atoms with Crippen LogP contribution in [-0.2, 0) is 6.54 Å². The van der Waals surface area contributed by atoms with Gasteiger partial charge in [-0.05, 0) is 24.3 Å². The third-order valence-corrected chi connectivity index (χ3v) is 3.31. The molecule has 0 atom stereocenters. The van der Waals surface area contributed by atoms with Gasteiger partial charge in [-0.15, -0.1) is 0 Å². The van der Waals surface area contributed by atoms with E-state index >= 15 is 0 Å². The van der Waals surface area contributed by atoms with Crippen molar-refractivity contribution in [2.24, 2.45) is 5.73 Å². The monoisotopic (exact) mass is 369 g/mol. The zero-order chi connectivity index (χ0) is 19.3. The number of alkyl halides is 3. The second-order valence-electron chi connectivity index (χ2n) is 5.22. The van der Waals surface area contributed by atoms with Gasteiger partial charge in [0.25, 0.3) is 5.69 Å². The zero-order valence-electron chi connectivity index (χ0n) is 13.2. The van der Waals surface area contributed by atoms with Gasteiger partial charge in [-0.2, -0.15) is 13.2 Å². The van der Waals surface area contributed by atoms with Gasteiger partial charge in [0.15, 0.2) is 6.61 Å². The first-order valence-corrected chi connectivity index (χ1v) is 7.27. The molecule has 0 aromatic heterocycles. The van der Waals surface area contributed by atoms with Crippen molar-refractivity contribution in [1.82, 2.24) is 0 Å². The van der Waals surface area contributed by atoms with E-state index in [2.05, 4.69) is 5.32 Å². The minimum Gasteiger partial charge on any atom is -0.482 e. The molecule has 138 valence electrons. The van der Waals surface area contributed by atoms with E-state index in [0.717, 1.165) is 6.07 Å². The third-order valence-electron chi connectivity index (χ3n) is 3.31. The number of benzene rings is 2. The van der Waals surface area contributed by atoms with Crippen molar-refractivity contribution in [3.8, 4) is 5.75 Å². The lowest BCUT2D eigenvalue weighted by atomic mass is 10.1. The Labute approximate surface area is 145 Å². The Kier molecular flexibility index (Phi) is 5.65. The molecule has 0 fully saturated rings. The fourth-order valence-electron chi connectivity index (χ4n) is 2.13. The SMILES string of the molecule is NC(=O)c1ccc(CNc2ccccc2OCC(F)(F)F)c([N+](=O)[O-])c1. The van der Waals surface area contributed by atoms with Gasteiger partial charge in [0.05, 0.1) is 10.6 Å². The lowest BCUT2D eigenvalue weighted by Crippen LogP contribution is -2.19. The molecule has 7 nitrogen and oxygen atoms in total. The first-order valence-electron chi connectivity index (χ1n) is 7.27. The number of hydrogen-bond donors (Lipinski definition) is 2. The van der Waals surface area contributed by atoms with E-state index in [4.69, 9.17) is 10.5 Å². The molecule has 0 heterocycles. The number of anilines is 1. The summed E-state index contributed by atoms with van der Waals surface area (Å²) in [7, 11) is 0. The summed E-state index contributed by atoms with van der Waals surface area (Å²) >= 11 is 0. The Morgan fingerprint density at radius 2 is 1.92 bits per heavy atom. The highest BCUT2D eigenvalue weighted by Gasteiger charge is 2.28. The standard InChI is InChI=1S/C16H14F3N3O4/c17-16(18,19)9-26-14-4-2-1-3-12(14)21-8-11-6-5-10(15(20)23)7-13(11)22(24)25/h1-7,21H,8-9H2,(H2,20,23). The number of nitro groups is 1. The fraction of sp³-hybridized carbons (Fsp3) is 0.188. The molecule has 0 radical (unpaired) electrons. The van der Waals surface area contributed by atoms with E-state index in [1.54, 1.807) is 6.07 Å². The first kappa shape index (κ1) is 19.0. The number of amides is 1. The number of hydrogen-bond acceptors (Lipinski definition) is 5. The number of ether oxygens (including phenoxy) is 1. The van der Waals surface area contributed by atoms with Gasteiger partial charge in [-0.25, -0.2) is 0 Å². The Bertz CT molecular complexity index is 825. The normalized spacial score (nSPS) is 11.0. The summed E-state index contributed by atoms with van der Waals surface area (Å²) < 4.78 is 41.7. The number of nitro benzene ring substituents is 1. The molecule has 0 aliphatic heterocycles. The number of carbonyl (C=O) groups is 1. The maximum Gasteiger partial charge on any atom is 0.422 e. The molecular formula is C16H14F3N3O4. The molecule has 0 bridgehead atoms. The number of nitrogens with two attached hydrogens (primary N) is 1. The highest BCUT2D eigenvalue weighted by Crippen LogP contribution is 2.28. The predicted octanol–water partition coefficient (Wildman–Crippen LogP) is 3.25. The first-order chi connectivity index (χ1) is 12.2. The Balaban J connectivity index is 2.19. The number of nitrogens with zero attached hydrogens (tertiary/aromatic N) is 1. The number of halogens is 3. The van der Waals surface area contributed by atoms with Crippen LogP contribution in [0.2, 0.25) is 0 Å². The Morgan fingerprint density at radius 3 is 2.54 bits per heavy atom. The van der Waals surface area contributed by atoms with Crippen molar-refractivity contribution in [2.75, 3.05) is 11.9 Å². The topological polar surface area (TPSA) is 107 Å². The molecule has 0 saturated carbocycles. The quantitative estimate of drug-likeness (QED) is 0.575. The maximum atomic E-state index is 12.3. The number of para-hydroxylation sites is 2. The average molecular weight is 369 g/mol. The molecule has 2 aromatic rings. The maximum absolute atomic E-state index is 12.3. The van der Waals surface area contributed by atoms with Gasteiger partial charge >= 0.3 is 6.18 Å². The highest BCUT2D eigenvalue weighted by atomic mass is 19.4. The lowest BCUT2D eigenvalue weighted by molar-refractivity contribution is -0.385. The van der Waals surface area contributed by atoms with Gasteiger partial charge < -0.3 is 15.8 Å². The molecular weight excluding hydrogens is 355 g/mol. The minimum absolute atomic E-state index is 0.0191. The van der Waals surface area contributed by atoms with Crippen molar-refractivity contribution in [3.63, 3.8) is 0 Å². The van der Waals surface area contributed by atoms with Crippen LogP contribution in [0.4, 0.5) is 24.5 Å². The number of primary amides is 1. The van der Waals surface area contributed by atoms with Crippen LogP contribution < -0.4 is 15.8 Å². The van der Waals surface area contributed by atoms with E-state index in [1.165, 1.54) is 30.3 Å². The summed E-state index contributed by atoms with van der Waals surface area (Å²) in [5, 5.41) is 14.0. The molecule has 10 heteroatoms. The largest absolute Gasteiger partial charge is 0.482 e. The Morgan fingerprint density at radius 1 is 1.23 bits per heavy atom. The van der Waals surface area contributed by atoms with Crippen LogP contribution in [0, 0.1) is 10.1 Å². The molecule has 0 saturated heterocycles. The summed E-state index contributed by atoms with van der Waals surface area (Å²) in [6, 6.07) is 9.64. The molecule has 0 aliphatic carbocycles. The van der Waals surface area contributed by atoms with Crippen LogP contribution in [0.3, 0.4) is 0 Å². The van der Waals surface area contributed by atoms with E-state index in [-0.39, 0.29) is 34.8 Å². The summed E-state index contributed by atoms with van der Waals surface area (Å²) in [6.07, 6.45) is -4.49. The van der Waals surface area contributed by atoms with Crippen LogP contribution >= 0.6 is 0 Å². The van der Waals surface area contributed by atoms with Crippen LogP contribution in [0.25, 0.3) is 0 Å². The predicted molar refractivity (Wildman–Crippen MR) is 86.9 cm³/mol. The van der Waals surface area contributed by atoms with Gasteiger partial charge in [-0.1, -0.05) is 12.1 Å². The van der Waals surface area contributed by atoms with E-state index in [0.29, 0.717) is 0 Å². The van der Waals surface area contributed by atoms with Crippen LogP contribution in [0.1, 0.15) is 15.9 Å². The van der Waals surface area contributed by atoms with Crippen LogP contribution in [0.5, 0.6) is 5.75 Å².